The van der Waals surface area contributed by atoms with Gasteiger partial charge in [0.25, 0.3) is 0 Å². The van der Waals surface area contributed by atoms with Gasteiger partial charge in [-0.05, 0) is 48.7 Å². The molecule has 0 aliphatic carbocycles. The maximum absolute atomic E-state index is 15.7. The third-order valence-corrected chi connectivity index (χ3v) is 5.87. The first-order valence-electron chi connectivity index (χ1n) is 12.6. The van der Waals surface area contributed by atoms with E-state index in [0.29, 0.717) is 11.1 Å². The molecule has 6 nitrogen and oxygen atoms in total. The van der Waals surface area contributed by atoms with Crippen molar-refractivity contribution >= 4 is 11.7 Å². The van der Waals surface area contributed by atoms with Gasteiger partial charge in [0.05, 0.1) is 24.0 Å². The number of benzene rings is 1. The number of aliphatic hydroxyl groups excluding tert-OH is 2. The van der Waals surface area contributed by atoms with E-state index < -0.39 is 29.5 Å². The van der Waals surface area contributed by atoms with Crippen LogP contribution in [0.4, 0.5) is 28.0 Å². The number of aliphatic hydroxyl groups is 2. The Bertz CT molecular complexity index is 1010. The van der Waals surface area contributed by atoms with Gasteiger partial charge in [-0.3, -0.25) is 4.98 Å². The van der Waals surface area contributed by atoms with E-state index in [9.17, 15) is 23.1 Å². The molecular weight excluding hydrogens is 490 g/mol. The van der Waals surface area contributed by atoms with Crippen molar-refractivity contribution in [1.82, 2.24) is 9.88 Å². The molecule has 1 fully saturated rings. The number of anilines is 1. The Morgan fingerprint density at radius 2 is 1.70 bits per heavy atom. The molecule has 2 amide bonds. The van der Waals surface area contributed by atoms with E-state index >= 15 is 4.39 Å². The van der Waals surface area contributed by atoms with Crippen LogP contribution < -0.4 is 5.32 Å². The number of rotatable bonds is 5. The Labute approximate surface area is 216 Å². The van der Waals surface area contributed by atoms with Crippen LogP contribution in [0.2, 0.25) is 0 Å². The Kier molecular flexibility index (Phi) is 12.5. The summed E-state index contributed by atoms with van der Waals surface area (Å²) in [5.41, 5.74) is -0.661. The number of hydrogen-bond donors (Lipinski definition) is 3. The highest BCUT2D eigenvalue weighted by atomic mass is 19.4. The number of nitrogens with zero attached hydrogens (tertiary/aromatic N) is 2. The molecule has 1 aliphatic heterocycles. The number of aryl methyl sites for hydroxylation is 2. The van der Waals surface area contributed by atoms with Crippen molar-refractivity contribution < 1.29 is 32.6 Å². The van der Waals surface area contributed by atoms with Gasteiger partial charge in [-0.25, -0.2) is 9.18 Å². The quantitative estimate of drug-likeness (QED) is 0.405. The van der Waals surface area contributed by atoms with Gasteiger partial charge in [-0.15, -0.1) is 0 Å². The molecule has 1 aliphatic rings. The van der Waals surface area contributed by atoms with Gasteiger partial charge < -0.3 is 20.4 Å². The topological polar surface area (TPSA) is 85.7 Å². The molecule has 1 aromatic heterocycles. The lowest BCUT2D eigenvalue weighted by Crippen LogP contribution is -2.45. The summed E-state index contributed by atoms with van der Waals surface area (Å²) >= 11 is 0. The number of urea groups is 1. The molecule has 2 aromatic rings. The van der Waals surface area contributed by atoms with Crippen molar-refractivity contribution in [3.63, 3.8) is 0 Å². The summed E-state index contributed by atoms with van der Waals surface area (Å²) in [4.78, 5) is 18.2. The second-order valence-electron chi connectivity index (χ2n) is 8.46. The summed E-state index contributed by atoms with van der Waals surface area (Å²) in [6.45, 7) is 10.9. The van der Waals surface area contributed by atoms with Crippen molar-refractivity contribution in [1.29, 1.82) is 0 Å². The van der Waals surface area contributed by atoms with E-state index in [1.165, 1.54) is 30.2 Å². The number of likely N-dealkylation sites (tertiary alicyclic amines) is 1. The predicted molar refractivity (Wildman–Crippen MR) is 137 cm³/mol. The van der Waals surface area contributed by atoms with Gasteiger partial charge in [-0.2, -0.15) is 13.2 Å². The van der Waals surface area contributed by atoms with Crippen LogP contribution in [0.1, 0.15) is 68.5 Å². The number of amides is 2. The van der Waals surface area contributed by atoms with E-state index in [2.05, 4.69) is 10.3 Å². The highest BCUT2D eigenvalue weighted by molar-refractivity contribution is 5.89. The highest BCUT2D eigenvalue weighted by Crippen LogP contribution is 2.38. The maximum atomic E-state index is 15.7. The standard InChI is InChI=1S/C23H27F4N3O3.2C2H6/c1-14-10-17(3-4-19(14)23(25,26)27)29-21(33)30-7-5-22(24,6-8-30)20-15(2)9-16(12-28-20)11-18(32)13-31;2*1-2/h3-4,9-10,12,18,31-32H,5-8,11,13H2,1-2H3,(H,29,33);2*1-2H3/t18-;;/m1../s1. The third kappa shape index (κ3) is 8.67. The van der Waals surface area contributed by atoms with Gasteiger partial charge in [0.2, 0.25) is 0 Å². The van der Waals surface area contributed by atoms with Crippen LogP contribution in [0.25, 0.3) is 0 Å². The summed E-state index contributed by atoms with van der Waals surface area (Å²) in [6, 6.07) is 4.60. The van der Waals surface area contributed by atoms with Crippen molar-refractivity contribution in [2.45, 2.75) is 78.8 Å². The fourth-order valence-corrected chi connectivity index (χ4v) is 4.11. The average Bonchev–Trinajstić information content (AvgIpc) is 2.86. The van der Waals surface area contributed by atoms with Crippen molar-refractivity contribution in [3.05, 3.63) is 58.4 Å². The first kappa shape index (κ1) is 32.3. The third-order valence-electron chi connectivity index (χ3n) is 5.87. The van der Waals surface area contributed by atoms with Gasteiger partial charge >= 0.3 is 12.2 Å². The number of pyridine rings is 1. The average molecular weight is 530 g/mol. The van der Waals surface area contributed by atoms with Crippen LogP contribution in [0.15, 0.2) is 30.5 Å². The van der Waals surface area contributed by atoms with Gasteiger partial charge in [-0.1, -0.05) is 33.8 Å². The number of nitrogens with one attached hydrogen (secondary N) is 1. The molecule has 2 heterocycles. The number of carbonyl (C=O) groups excluding carboxylic acids is 1. The molecule has 0 bridgehead atoms. The van der Waals surface area contributed by atoms with Crippen molar-refractivity contribution in [3.8, 4) is 0 Å². The lowest BCUT2D eigenvalue weighted by molar-refractivity contribution is -0.138. The van der Waals surface area contributed by atoms with E-state index in [-0.39, 0.29) is 55.9 Å². The molecule has 208 valence electrons. The summed E-state index contributed by atoms with van der Waals surface area (Å²) in [6.07, 6.45) is -3.63. The summed E-state index contributed by atoms with van der Waals surface area (Å²) in [5.74, 6) is 0. The number of alkyl halides is 4. The second kappa shape index (κ2) is 14.3. The van der Waals surface area contributed by atoms with E-state index in [4.69, 9.17) is 5.11 Å². The lowest BCUT2D eigenvalue weighted by atomic mass is 9.87. The monoisotopic (exact) mass is 529 g/mol. The number of aromatic nitrogens is 1. The van der Waals surface area contributed by atoms with Crippen LogP contribution >= 0.6 is 0 Å². The zero-order valence-electron chi connectivity index (χ0n) is 22.4. The first-order chi connectivity index (χ1) is 17.4. The predicted octanol–water partition coefficient (Wildman–Crippen LogP) is 6.16. The molecular formula is C27H39F4N3O3. The Hall–Kier alpha value is -2.72. The summed E-state index contributed by atoms with van der Waals surface area (Å²) < 4.78 is 54.4. The molecule has 0 radical (unpaired) electrons. The minimum absolute atomic E-state index is 0.00165. The summed E-state index contributed by atoms with van der Waals surface area (Å²) in [5, 5.41) is 21.1. The number of carbonyl (C=O) groups is 1. The molecule has 0 spiro atoms. The van der Waals surface area contributed by atoms with Crippen LogP contribution in [-0.4, -0.2) is 51.9 Å². The molecule has 0 saturated carbocycles. The molecule has 37 heavy (non-hydrogen) atoms. The number of piperidine rings is 1. The van der Waals surface area contributed by atoms with Gasteiger partial charge in [0.1, 0.15) is 0 Å². The van der Waals surface area contributed by atoms with E-state index in [1.54, 1.807) is 13.0 Å². The van der Waals surface area contributed by atoms with Crippen molar-refractivity contribution in [2.24, 2.45) is 0 Å². The minimum Gasteiger partial charge on any atom is -0.394 e. The molecule has 1 saturated heterocycles. The number of hydrogen-bond acceptors (Lipinski definition) is 4. The fraction of sp³-hybridized carbons (Fsp3) is 0.556. The molecule has 1 aromatic carbocycles. The first-order valence-corrected chi connectivity index (χ1v) is 12.6. The molecule has 3 rings (SSSR count). The Balaban J connectivity index is 0.00000163. The van der Waals surface area contributed by atoms with Crippen LogP contribution in [0.5, 0.6) is 0 Å². The maximum Gasteiger partial charge on any atom is 0.416 e. The Morgan fingerprint density at radius 1 is 1.11 bits per heavy atom. The molecule has 10 heteroatoms. The van der Waals surface area contributed by atoms with Crippen LogP contribution in [-0.2, 0) is 18.3 Å². The fourth-order valence-electron chi connectivity index (χ4n) is 4.11. The molecule has 3 N–H and O–H groups in total. The summed E-state index contributed by atoms with van der Waals surface area (Å²) in [7, 11) is 0. The molecule has 1 atom stereocenters. The smallest absolute Gasteiger partial charge is 0.394 e. The van der Waals surface area contributed by atoms with E-state index in [1.807, 2.05) is 27.7 Å². The van der Waals surface area contributed by atoms with Crippen LogP contribution in [0.3, 0.4) is 0 Å². The zero-order chi connectivity index (χ0) is 28.4. The minimum atomic E-state index is -4.47. The SMILES string of the molecule is CC.CC.Cc1cc(NC(=O)N2CCC(F)(c3ncc(C[C@@H](O)CO)cc3C)CC2)ccc1C(F)(F)F. The van der Waals surface area contributed by atoms with Gasteiger partial charge in [0.15, 0.2) is 5.67 Å². The van der Waals surface area contributed by atoms with Crippen molar-refractivity contribution in [2.75, 3.05) is 25.0 Å². The second-order valence-corrected chi connectivity index (χ2v) is 8.46. The largest absolute Gasteiger partial charge is 0.416 e. The Morgan fingerprint density at radius 3 is 2.19 bits per heavy atom. The normalized spacial score (nSPS) is 15.5. The van der Waals surface area contributed by atoms with E-state index in [0.717, 1.165) is 6.07 Å². The number of halogens is 4. The van der Waals surface area contributed by atoms with Gasteiger partial charge in [0, 0.05) is 44.2 Å². The van der Waals surface area contributed by atoms with Crippen LogP contribution in [0, 0.1) is 13.8 Å². The highest BCUT2D eigenvalue weighted by Gasteiger charge is 2.40. The molecule has 0 unspecified atom stereocenters. The zero-order valence-corrected chi connectivity index (χ0v) is 22.4. The lowest BCUT2D eigenvalue weighted by Gasteiger charge is -2.36.